The summed E-state index contributed by atoms with van der Waals surface area (Å²) in [5.41, 5.74) is 3.17. The number of hydrogen-bond donors (Lipinski definition) is 1. The second-order valence-corrected chi connectivity index (χ2v) is 7.21. The summed E-state index contributed by atoms with van der Waals surface area (Å²) in [5, 5.41) is 3.12. The van der Waals surface area contributed by atoms with Crippen LogP contribution in [-0.4, -0.2) is 36.4 Å². The predicted molar refractivity (Wildman–Crippen MR) is 110 cm³/mol. The fourth-order valence-electron chi connectivity index (χ4n) is 3.57. The van der Waals surface area contributed by atoms with E-state index in [1.165, 1.54) is 0 Å². The molecule has 1 N–H and O–H groups in total. The second-order valence-electron chi connectivity index (χ2n) is 7.21. The van der Waals surface area contributed by atoms with Crippen LogP contribution in [0.4, 0.5) is 5.69 Å². The highest BCUT2D eigenvalue weighted by Gasteiger charge is 2.28. The minimum Gasteiger partial charge on any atom is -0.484 e. The lowest BCUT2D eigenvalue weighted by atomic mass is 9.95. The third kappa shape index (κ3) is 4.91. The Hall–Kier alpha value is -2.82. The molecule has 0 radical (unpaired) electrons. The molecule has 148 valence electrons. The zero-order valence-corrected chi connectivity index (χ0v) is 16.6. The maximum Gasteiger partial charge on any atom is 0.260 e. The van der Waals surface area contributed by atoms with Gasteiger partial charge in [-0.15, -0.1) is 0 Å². The normalized spacial score (nSPS) is 14.6. The molecule has 0 saturated carbocycles. The van der Waals surface area contributed by atoms with Crippen molar-refractivity contribution in [2.45, 2.75) is 33.1 Å². The molecule has 5 heteroatoms. The van der Waals surface area contributed by atoms with Gasteiger partial charge in [0, 0.05) is 24.7 Å². The zero-order valence-electron chi connectivity index (χ0n) is 16.6. The predicted octanol–water partition coefficient (Wildman–Crippen LogP) is 3.81. The van der Waals surface area contributed by atoms with Crippen molar-refractivity contribution in [3.05, 3.63) is 59.7 Å². The first kappa shape index (κ1) is 19.9. The average Bonchev–Trinajstić information content (AvgIpc) is 2.74. The maximum absolute atomic E-state index is 12.7. The monoisotopic (exact) mass is 380 g/mol. The molecule has 2 aromatic carbocycles. The van der Waals surface area contributed by atoms with Crippen molar-refractivity contribution in [1.82, 2.24) is 4.90 Å². The van der Waals surface area contributed by atoms with Crippen molar-refractivity contribution in [3.8, 4) is 5.75 Å². The van der Waals surface area contributed by atoms with Crippen molar-refractivity contribution in [3.63, 3.8) is 0 Å². The van der Waals surface area contributed by atoms with Gasteiger partial charge in [0.15, 0.2) is 6.61 Å². The van der Waals surface area contributed by atoms with Crippen molar-refractivity contribution < 1.29 is 14.3 Å². The highest BCUT2D eigenvalue weighted by atomic mass is 16.5. The Labute approximate surface area is 166 Å². The maximum atomic E-state index is 12.7. The van der Waals surface area contributed by atoms with Crippen LogP contribution in [0.3, 0.4) is 0 Å². The number of aryl methyl sites for hydroxylation is 2. The molecule has 1 saturated heterocycles. The van der Waals surface area contributed by atoms with Gasteiger partial charge < -0.3 is 15.0 Å². The molecule has 0 spiro atoms. The number of rotatable bonds is 6. The molecule has 0 unspecified atom stereocenters. The van der Waals surface area contributed by atoms with Gasteiger partial charge in [-0.05, 0) is 49.4 Å². The summed E-state index contributed by atoms with van der Waals surface area (Å²) < 4.78 is 5.54. The van der Waals surface area contributed by atoms with Gasteiger partial charge in [0.05, 0.1) is 0 Å². The molecule has 1 aliphatic rings. The van der Waals surface area contributed by atoms with Gasteiger partial charge >= 0.3 is 0 Å². The van der Waals surface area contributed by atoms with Crippen LogP contribution in [0.1, 0.15) is 30.9 Å². The molecule has 28 heavy (non-hydrogen) atoms. The van der Waals surface area contributed by atoms with Crippen molar-refractivity contribution in [2.24, 2.45) is 5.92 Å². The van der Waals surface area contributed by atoms with E-state index in [1.54, 1.807) is 4.90 Å². The number of likely N-dealkylation sites (tertiary alicyclic amines) is 1. The van der Waals surface area contributed by atoms with Crippen LogP contribution in [0.25, 0.3) is 0 Å². The third-order valence-electron chi connectivity index (χ3n) is 5.31. The number of carbonyl (C=O) groups excluding carboxylic acids is 2. The Kier molecular flexibility index (Phi) is 6.69. The molecule has 3 rings (SSSR count). The van der Waals surface area contributed by atoms with Gasteiger partial charge in [-0.2, -0.15) is 0 Å². The molecule has 0 aromatic heterocycles. The first-order valence-electron chi connectivity index (χ1n) is 9.93. The molecule has 0 aliphatic carbocycles. The summed E-state index contributed by atoms with van der Waals surface area (Å²) in [6.45, 7) is 5.31. The van der Waals surface area contributed by atoms with Crippen LogP contribution >= 0.6 is 0 Å². The largest absolute Gasteiger partial charge is 0.484 e. The van der Waals surface area contributed by atoms with Crippen molar-refractivity contribution in [1.29, 1.82) is 0 Å². The number of ether oxygens (including phenoxy) is 1. The van der Waals surface area contributed by atoms with Gasteiger partial charge in [0.1, 0.15) is 5.75 Å². The second kappa shape index (κ2) is 9.40. The lowest BCUT2D eigenvalue weighted by molar-refractivity contribution is -0.136. The standard InChI is InChI=1S/C23H28N2O3/c1-3-18-9-7-8-17(2)22(18)24-23(27)19-12-14-25(15-13-19)21(26)16-28-20-10-5-4-6-11-20/h4-11,19H,3,12-16H2,1-2H3,(H,24,27). The topological polar surface area (TPSA) is 58.6 Å². The van der Waals surface area contributed by atoms with E-state index in [1.807, 2.05) is 49.4 Å². The number of amides is 2. The van der Waals surface area contributed by atoms with E-state index in [9.17, 15) is 9.59 Å². The van der Waals surface area contributed by atoms with Crippen LogP contribution in [-0.2, 0) is 16.0 Å². The smallest absolute Gasteiger partial charge is 0.260 e. The van der Waals surface area contributed by atoms with Crippen LogP contribution in [0.5, 0.6) is 5.75 Å². The number of nitrogens with zero attached hydrogens (tertiary/aromatic N) is 1. The summed E-state index contributed by atoms with van der Waals surface area (Å²) in [5.74, 6) is 0.644. The van der Waals surface area contributed by atoms with Gasteiger partial charge in [-0.3, -0.25) is 9.59 Å². The van der Waals surface area contributed by atoms with Crippen LogP contribution < -0.4 is 10.1 Å². The van der Waals surface area contributed by atoms with Gasteiger partial charge in [0.25, 0.3) is 5.91 Å². The summed E-state index contributed by atoms with van der Waals surface area (Å²) >= 11 is 0. The molecule has 5 nitrogen and oxygen atoms in total. The van der Waals surface area contributed by atoms with Crippen molar-refractivity contribution in [2.75, 3.05) is 25.0 Å². The number of piperidine rings is 1. The van der Waals surface area contributed by atoms with E-state index in [4.69, 9.17) is 4.74 Å². The highest BCUT2D eigenvalue weighted by molar-refractivity contribution is 5.94. The van der Waals surface area contributed by atoms with Gasteiger partial charge in [-0.1, -0.05) is 43.3 Å². The molecular formula is C23H28N2O3. The fourth-order valence-corrected chi connectivity index (χ4v) is 3.57. The minimum absolute atomic E-state index is 0.0317. The number of anilines is 1. The van der Waals surface area contributed by atoms with E-state index in [2.05, 4.69) is 18.3 Å². The van der Waals surface area contributed by atoms with Gasteiger partial charge in [-0.25, -0.2) is 0 Å². The summed E-state index contributed by atoms with van der Waals surface area (Å²) in [4.78, 5) is 26.9. The van der Waals surface area contributed by atoms with E-state index < -0.39 is 0 Å². The highest BCUT2D eigenvalue weighted by Crippen LogP contribution is 2.24. The Balaban J connectivity index is 1.49. The van der Waals surface area contributed by atoms with E-state index in [0.717, 1.165) is 23.2 Å². The number of benzene rings is 2. The number of carbonyl (C=O) groups is 2. The summed E-state index contributed by atoms with van der Waals surface area (Å²) in [6.07, 6.45) is 2.23. The minimum atomic E-state index is -0.0663. The number of hydrogen-bond acceptors (Lipinski definition) is 3. The van der Waals surface area contributed by atoms with E-state index in [0.29, 0.717) is 31.7 Å². The average molecular weight is 380 g/mol. The molecule has 1 fully saturated rings. The SMILES string of the molecule is CCc1cccc(C)c1NC(=O)C1CCN(C(=O)COc2ccccc2)CC1. The molecule has 1 heterocycles. The van der Waals surface area contributed by atoms with E-state index >= 15 is 0 Å². The Bertz CT molecular complexity index is 812. The molecule has 2 amide bonds. The molecular weight excluding hydrogens is 352 g/mol. The molecule has 0 bridgehead atoms. The first-order valence-corrected chi connectivity index (χ1v) is 9.93. The first-order chi connectivity index (χ1) is 13.6. The quantitative estimate of drug-likeness (QED) is 0.829. The van der Waals surface area contributed by atoms with Crippen LogP contribution in [0.15, 0.2) is 48.5 Å². The lowest BCUT2D eigenvalue weighted by Crippen LogP contribution is -2.43. The Morgan fingerprint density at radius 1 is 1.07 bits per heavy atom. The number of para-hydroxylation sites is 2. The van der Waals surface area contributed by atoms with Gasteiger partial charge in [0.2, 0.25) is 5.91 Å². The summed E-state index contributed by atoms with van der Waals surface area (Å²) in [7, 11) is 0. The fraction of sp³-hybridized carbons (Fsp3) is 0.391. The Morgan fingerprint density at radius 2 is 1.79 bits per heavy atom. The van der Waals surface area contributed by atoms with Crippen LogP contribution in [0, 0.1) is 12.8 Å². The molecule has 2 aromatic rings. The van der Waals surface area contributed by atoms with Crippen molar-refractivity contribution >= 4 is 17.5 Å². The zero-order chi connectivity index (χ0) is 19.9. The molecule has 0 atom stereocenters. The lowest BCUT2D eigenvalue weighted by Gasteiger charge is -2.31. The molecule has 1 aliphatic heterocycles. The third-order valence-corrected chi connectivity index (χ3v) is 5.31. The Morgan fingerprint density at radius 3 is 2.46 bits per heavy atom. The van der Waals surface area contributed by atoms with E-state index in [-0.39, 0.29) is 24.3 Å². The number of nitrogens with one attached hydrogen (secondary N) is 1. The van der Waals surface area contributed by atoms with Crippen LogP contribution in [0.2, 0.25) is 0 Å². The summed E-state index contributed by atoms with van der Waals surface area (Å²) in [6, 6.07) is 15.4.